The quantitative estimate of drug-likeness (QED) is 0.561. The predicted molar refractivity (Wildman–Crippen MR) is 64.3 cm³/mol. The van der Waals surface area contributed by atoms with Gasteiger partial charge in [-0.15, -0.1) is 0 Å². The topological polar surface area (TPSA) is 0 Å². The van der Waals surface area contributed by atoms with Gasteiger partial charge in [0.1, 0.15) is 0 Å². The lowest BCUT2D eigenvalue weighted by Gasteiger charge is -2.34. The van der Waals surface area contributed by atoms with Crippen LogP contribution in [0.25, 0.3) is 0 Å². The molecule has 0 N–H and O–H groups in total. The van der Waals surface area contributed by atoms with Crippen LogP contribution in [0.3, 0.4) is 0 Å². The summed E-state index contributed by atoms with van der Waals surface area (Å²) >= 11 is 0. The van der Waals surface area contributed by atoms with Crippen LogP contribution in [0.5, 0.6) is 0 Å². The SMILES string of the molecule is CCC(C)C1C=CC(C(C)(C)C)CC1. The van der Waals surface area contributed by atoms with Gasteiger partial charge < -0.3 is 0 Å². The third-order valence-electron chi connectivity index (χ3n) is 3.89. The number of allylic oxidation sites excluding steroid dienone is 2. The molecule has 0 aliphatic heterocycles. The lowest BCUT2D eigenvalue weighted by atomic mass is 9.71. The summed E-state index contributed by atoms with van der Waals surface area (Å²) in [6.07, 6.45) is 9.05. The second-order valence-corrected chi connectivity index (χ2v) is 5.98. The lowest BCUT2D eigenvalue weighted by Crippen LogP contribution is -2.23. The Balaban J connectivity index is 2.56. The maximum absolute atomic E-state index is 2.48. The monoisotopic (exact) mass is 194 g/mol. The molecule has 0 aromatic heterocycles. The molecular formula is C14H26. The number of hydrogen-bond donors (Lipinski definition) is 0. The lowest BCUT2D eigenvalue weighted by molar-refractivity contribution is 0.236. The fraction of sp³-hybridized carbons (Fsp3) is 0.857. The molecule has 0 amide bonds. The van der Waals surface area contributed by atoms with E-state index in [9.17, 15) is 0 Å². The molecule has 1 aliphatic carbocycles. The fourth-order valence-corrected chi connectivity index (χ4v) is 2.34. The maximum atomic E-state index is 2.48. The van der Waals surface area contributed by atoms with Gasteiger partial charge in [-0.05, 0) is 36.0 Å². The Bertz CT molecular complexity index is 195. The Morgan fingerprint density at radius 1 is 1.21 bits per heavy atom. The number of rotatable bonds is 2. The predicted octanol–water partition coefficient (Wildman–Crippen LogP) is 4.66. The largest absolute Gasteiger partial charge is 0.0849 e. The molecule has 0 saturated heterocycles. The van der Waals surface area contributed by atoms with Crippen LogP contribution in [0.4, 0.5) is 0 Å². The molecule has 0 radical (unpaired) electrons. The van der Waals surface area contributed by atoms with Crippen molar-refractivity contribution >= 4 is 0 Å². The molecule has 0 aromatic carbocycles. The highest BCUT2D eigenvalue weighted by atomic mass is 14.3. The van der Waals surface area contributed by atoms with E-state index in [2.05, 4.69) is 46.8 Å². The average Bonchev–Trinajstić information content (AvgIpc) is 2.15. The normalized spacial score (nSPS) is 30.4. The van der Waals surface area contributed by atoms with Gasteiger partial charge in [0.2, 0.25) is 0 Å². The zero-order valence-electron chi connectivity index (χ0n) is 10.5. The van der Waals surface area contributed by atoms with Crippen molar-refractivity contribution < 1.29 is 0 Å². The third kappa shape index (κ3) is 2.87. The summed E-state index contributed by atoms with van der Waals surface area (Å²) in [5.74, 6) is 2.51. The summed E-state index contributed by atoms with van der Waals surface area (Å²) in [6.45, 7) is 11.7. The molecule has 0 spiro atoms. The first-order valence-corrected chi connectivity index (χ1v) is 6.13. The van der Waals surface area contributed by atoms with E-state index in [-0.39, 0.29) is 0 Å². The summed E-state index contributed by atoms with van der Waals surface area (Å²) < 4.78 is 0. The van der Waals surface area contributed by atoms with Crippen LogP contribution < -0.4 is 0 Å². The Morgan fingerprint density at radius 3 is 2.21 bits per heavy atom. The smallest absolute Gasteiger partial charge is 0.0184 e. The summed E-state index contributed by atoms with van der Waals surface area (Å²) in [4.78, 5) is 0. The minimum absolute atomic E-state index is 0.455. The van der Waals surface area contributed by atoms with Gasteiger partial charge in [0, 0.05) is 0 Å². The molecule has 0 nitrogen and oxygen atoms in total. The van der Waals surface area contributed by atoms with Gasteiger partial charge in [-0.2, -0.15) is 0 Å². The van der Waals surface area contributed by atoms with Crippen LogP contribution in [-0.4, -0.2) is 0 Å². The molecule has 14 heavy (non-hydrogen) atoms. The van der Waals surface area contributed by atoms with E-state index in [0.29, 0.717) is 5.41 Å². The zero-order valence-corrected chi connectivity index (χ0v) is 10.5. The van der Waals surface area contributed by atoms with Crippen LogP contribution in [0.2, 0.25) is 0 Å². The van der Waals surface area contributed by atoms with Gasteiger partial charge in [-0.1, -0.05) is 53.2 Å². The van der Waals surface area contributed by atoms with Crippen LogP contribution >= 0.6 is 0 Å². The first-order valence-electron chi connectivity index (χ1n) is 6.13. The first-order chi connectivity index (χ1) is 6.45. The van der Waals surface area contributed by atoms with E-state index >= 15 is 0 Å². The van der Waals surface area contributed by atoms with Crippen molar-refractivity contribution in [3.8, 4) is 0 Å². The van der Waals surface area contributed by atoms with Crippen molar-refractivity contribution in [2.45, 2.75) is 53.9 Å². The first kappa shape index (κ1) is 11.8. The molecule has 0 heteroatoms. The molecular weight excluding hydrogens is 168 g/mol. The molecule has 0 saturated carbocycles. The van der Waals surface area contributed by atoms with Crippen molar-refractivity contribution in [2.75, 3.05) is 0 Å². The molecule has 1 aliphatic rings. The minimum Gasteiger partial charge on any atom is -0.0849 e. The van der Waals surface area contributed by atoms with Crippen LogP contribution in [0.15, 0.2) is 12.2 Å². The van der Waals surface area contributed by atoms with Gasteiger partial charge in [0.15, 0.2) is 0 Å². The Kier molecular flexibility index (Phi) is 3.80. The Hall–Kier alpha value is -0.260. The van der Waals surface area contributed by atoms with Gasteiger partial charge in [0.05, 0.1) is 0 Å². The Labute approximate surface area is 89.8 Å². The van der Waals surface area contributed by atoms with E-state index in [1.54, 1.807) is 0 Å². The second-order valence-electron chi connectivity index (χ2n) is 5.98. The Morgan fingerprint density at radius 2 is 1.86 bits per heavy atom. The van der Waals surface area contributed by atoms with Crippen molar-refractivity contribution in [3.63, 3.8) is 0 Å². The maximum Gasteiger partial charge on any atom is -0.0184 e. The molecule has 0 bridgehead atoms. The molecule has 3 atom stereocenters. The van der Waals surface area contributed by atoms with E-state index in [0.717, 1.165) is 17.8 Å². The van der Waals surface area contributed by atoms with Crippen molar-refractivity contribution in [2.24, 2.45) is 23.2 Å². The summed E-state index contributed by atoms with van der Waals surface area (Å²) in [5.41, 5.74) is 0.455. The van der Waals surface area contributed by atoms with E-state index < -0.39 is 0 Å². The summed E-state index contributed by atoms with van der Waals surface area (Å²) in [6, 6.07) is 0. The molecule has 0 aromatic rings. The van der Waals surface area contributed by atoms with E-state index in [1.165, 1.54) is 19.3 Å². The number of hydrogen-bond acceptors (Lipinski definition) is 0. The van der Waals surface area contributed by atoms with Crippen LogP contribution in [-0.2, 0) is 0 Å². The fourth-order valence-electron chi connectivity index (χ4n) is 2.34. The van der Waals surface area contributed by atoms with Crippen molar-refractivity contribution in [1.82, 2.24) is 0 Å². The summed E-state index contributed by atoms with van der Waals surface area (Å²) in [5, 5.41) is 0. The van der Waals surface area contributed by atoms with Gasteiger partial charge in [-0.25, -0.2) is 0 Å². The van der Waals surface area contributed by atoms with Crippen LogP contribution in [0, 0.1) is 23.2 Å². The molecule has 1 rings (SSSR count). The van der Waals surface area contributed by atoms with E-state index in [4.69, 9.17) is 0 Å². The standard InChI is InChI=1S/C14H26/c1-6-11(2)12-7-9-13(10-8-12)14(3,4)5/h7,9,11-13H,6,8,10H2,1-5H3. The highest BCUT2D eigenvalue weighted by Gasteiger charge is 2.27. The molecule has 0 heterocycles. The van der Waals surface area contributed by atoms with Crippen molar-refractivity contribution in [3.05, 3.63) is 12.2 Å². The highest BCUT2D eigenvalue weighted by Crippen LogP contribution is 2.37. The summed E-state index contributed by atoms with van der Waals surface area (Å²) in [7, 11) is 0. The van der Waals surface area contributed by atoms with Gasteiger partial charge in [0.25, 0.3) is 0 Å². The molecule has 0 fully saturated rings. The minimum atomic E-state index is 0.455. The third-order valence-corrected chi connectivity index (χ3v) is 3.89. The van der Waals surface area contributed by atoms with E-state index in [1.807, 2.05) is 0 Å². The van der Waals surface area contributed by atoms with Gasteiger partial charge in [-0.3, -0.25) is 0 Å². The zero-order chi connectivity index (χ0) is 10.8. The second kappa shape index (κ2) is 4.51. The van der Waals surface area contributed by atoms with Crippen molar-refractivity contribution in [1.29, 1.82) is 0 Å². The average molecular weight is 194 g/mol. The van der Waals surface area contributed by atoms with Crippen LogP contribution in [0.1, 0.15) is 53.9 Å². The molecule has 82 valence electrons. The van der Waals surface area contributed by atoms with Gasteiger partial charge >= 0.3 is 0 Å². The highest BCUT2D eigenvalue weighted by molar-refractivity contribution is 5.02. The molecule has 3 unspecified atom stereocenters.